The first kappa shape index (κ1) is 15.4. The second-order valence-corrected chi connectivity index (χ2v) is 4.35. The largest absolute Gasteiger partial charge is 1.00 e. The van der Waals surface area contributed by atoms with Crippen molar-refractivity contribution in [1.29, 1.82) is 0 Å². The summed E-state index contributed by atoms with van der Waals surface area (Å²) in [6, 6.07) is 8.21. The smallest absolute Gasteiger partial charge is 0.273 e. The fourth-order valence-corrected chi connectivity index (χ4v) is 1.96. The minimum atomic E-state index is -0.450. The third-order valence-corrected chi connectivity index (χ3v) is 3.09. The summed E-state index contributed by atoms with van der Waals surface area (Å²) < 4.78 is 7.62. The number of aromatic nitrogens is 2. The van der Waals surface area contributed by atoms with E-state index in [4.69, 9.17) is 4.42 Å². The second-order valence-electron chi connectivity index (χ2n) is 4.35. The molecule has 3 rings (SSSR count). The van der Waals surface area contributed by atoms with Crippen LogP contribution < -0.4 is 28.5 Å². The highest BCUT2D eigenvalue weighted by molar-refractivity contribution is 5.78. The van der Waals surface area contributed by atoms with Gasteiger partial charge >= 0.3 is 0 Å². The number of aryl methyl sites for hydroxylation is 1. The van der Waals surface area contributed by atoms with E-state index in [1.165, 1.54) is 12.1 Å². The van der Waals surface area contributed by atoms with Crippen LogP contribution in [0.1, 0.15) is 6.92 Å². The molecule has 0 saturated carbocycles. The number of pyridine rings is 1. The van der Waals surface area contributed by atoms with Gasteiger partial charge in [0.15, 0.2) is 18.0 Å². The maximum absolute atomic E-state index is 10.7. The molecule has 0 saturated heterocycles. The molecule has 7 heteroatoms. The van der Waals surface area contributed by atoms with Crippen molar-refractivity contribution in [2.75, 3.05) is 0 Å². The zero-order valence-electron chi connectivity index (χ0n) is 11.2. The van der Waals surface area contributed by atoms with Crippen LogP contribution in [0.2, 0.25) is 0 Å². The highest BCUT2D eigenvalue weighted by atomic mass is 127. The van der Waals surface area contributed by atoms with Crippen molar-refractivity contribution in [3.63, 3.8) is 0 Å². The summed E-state index contributed by atoms with van der Waals surface area (Å²) in [5.74, 6) is 0.462. The van der Waals surface area contributed by atoms with Crippen LogP contribution in [0.3, 0.4) is 0 Å². The van der Waals surface area contributed by atoms with Crippen LogP contribution in [0, 0.1) is 10.1 Å². The summed E-state index contributed by atoms with van der Waals surface area (Å²) in [5.41, 5.74) is 1.87. The van der Waals surface area contributed by atoms with Crippen molar-refractivity contribution < 1.29 is 37.9 Å². The summed E-state index contributed by atoms with van der Waals surface area (Å²) in [4.78, 5) is 14.6. The third-order valence-electron chi connectivity index (χ3n) is 3.09. The van der Waals surface area contributed by atoms with Gasteiger partial charge in [-0.15, -0.1) is 0 Å². The van der Waals surface area contributed by atoms with E-state index in [-0.39, 0.29) is 29.7 Å². The SMILES string of the molecule is CC[n+]1ccc(-c2nc3ccc([N+](=O)[O-])cc3o2)cc1.[I-]. The molecule has 0 aliphatic carbocycles. The van der Waals surface area contributed by atoms with Crippen molar-refractivity contribution in [2.24, 2.45) is 0 Å². The van der Waals surface area contributed by atoms with E-state index in [1.807, 2.05) is 29.1 Å². The number of fused-ring (bicyclic) bond motifs is 1. The Morgan fingerprint density at radius 3 is 2.62 bits per heavy atom. The van der Waals surface area contributed by atoms with Gasteiger partial charge in [0.1, 0.15) is 12.1 Å². The molecule has 0 spiro atoms. The van der Waals surface area contributed by atoms with Gasteiger partial charge in [0.25, 0.3) is 5.69 Å². The number of benzene rings is 1. The van der Waals surface area contributed by atoms with Crippen molar-refractivity contribution >= 4 is 16.8 Å². The van der Waals surface area contributed by atoms with E-state index in [0.29, 0.717) is 17.0 Å². The number of hydrogen-bond acceptors (Lipinski definition) is 4. The molecule has 1 aromatic carbocycles. The molecular weight excluding hydrogens is 385 g/mol. The molecule has 0 fully saturated rings. The van der Waals surface area contributed by atoms with Gasteiger partial charge in [0.05, 0.1) is 11.0 Å². The van der Waals surface area contributed by atoms with Crippen LogP contribution in [0.4, 0.5) is 5.69 Å². The molecule has 21 heavy (non-hydrogen) atoms. The topological polar surface area (TPSA) is 73.0 Å². The van der Waals surface area contributed by atoms with E-state index in [0.717, 1.165) is 12.1 Å². The van der Waals surface area contributed by atoms with Crippen molar-refractivity contribution in [3.05, 3.63) is 52.8 Å². The lowest BCUT2D eigenvalue weighted by molar-refractivity contribution is -0.693. The lowest BCUT2D eigenvalue weighted by Crippen LogP contribution is -3.00. The molecule has 0 atom stereocenters. The molecule has 6 nitrogen and oxygen atoms in total. The number of oxazole rings is 1. The van der Waals surface area contributed by atoms with E-state index >= 15 is 0 Å². The third kappa shape index (κ3) is 3.02. The van der Waals surface area contributed by atoms with E-state index in [2.05, 4.69) is 11.9 Å². The van der Waals surface area contributed by atoms with Crippen LogP contribution in [0.15, 0.2) is 47.1 Å². The molecule has 0 bridgehead atoms. The molecular formula is C14H12IN3O3. The zero-order valence-corrected chi connectivity index (χ0v) is 13.4. The van der Waals surface area contributed by atoms with Gasteiger partial charge in [-0.1, -0.05) is 0 Å². The Labute approximate surface area is 137 Å². The molecule has 108 valence electrons. The van der Waals surface area contributed by atoms with E-state index < -0.39 is 4.92 Å². The molecule has 0 N–H and O–H groups in total. The Balaban J connectivity index is 0.00000161. The number of halogens is 1. The number of non-ortho nitro benzene ring substituents is 1. The molecule has 0 amide bonds. The van der Waals surface area contributed by atoms with Gasteiger partial charge < -0.3 is 28.4 Å². The first-order valence-corrected chi connectivity index (χ1v) is 6.22. The first-order chi connectivity index (χ1) is 9.67. The fourth-order valence-electron chi connectivity index (χ4n) is 1.96. The van der Waals surface area contributed by atoms with Crippen LogP contribution in [-0.4, -0.2) is 9.91 Å². The molecule has 2 aromatic heterocycles. The summed E-state index contributed by atoms with van der Waals surface area (Å²) in [7, 11) is 0. The van der Waals surface area contributed by atoms with Gasteiger partial charge in [-0.2, -0.15) is 0 Å². The minimum absolute atomic E-state index is 0. The van der Waals surface area contributed by atoms with Crippen LogP contribution in [0.25, 0.3) is 22.6 Å². The quantitative estimate of drug-likeness (QED) is 0.264. The standard InChI is InChI=1S/C14H12N3O3.HI/c1-2-16-7-5-10(6-8-16)14-15-12-4-3-11(17(18)19)9-13(12)20-14;/h3-9H,2H2,1H3;1H/q+1;/p-1. The average Bonchev–Trinajstić information content (AvgIpc) is 2.90. The van der Waals surface area contributed by atoms with Crippen LogP contribution >= 0.6 is 0 Å². The van der Waals surface area contributed by atoms with Crippen molar-refractivity contribution in [1.82, 2.24) is 4.98 Å². The van der Waals surface area contributed by atoms with Gasteiger partial charge in [-0.25, -0.2) is 9.55 Å². The number of rotatable bonds is 3. The monoisotopic (exact) mass is 397 g/mol. The Bertz CT molecular complexity index is 784. The average molecular weight is 397 g/mol. The maximum Gasteiger partial charge on any atom is 0.273 e. The molecule has 0 radical (unpaired) electrons. The number of nitro groups is 1. The Kier molecular flexibility index (Phi) is 4.51. The molecule has 0 aliphatic rings. The lowest BCUT2D eigenvalue weighted by Gasteiger charge is -1.93. The normalized spacial score (nSPS) is 10.3. The fraction of sp³-hybridized carbons (Fsp3) is 0.143. The summed E-state index contributed by atoms with van der Waals surface area (Å²) in [6.07, 6.45) is 3.87. The molecule has 0 unspecified atom stereocenters. The maximum atomic E-state index is 10.7. The van der Waals surface area contributed by atoms with Gasteiger partial charge in [-0.05, 0) is 13.0 Å². The van der Waals surface area contributed by atoms with Crippen molar-refractivity contribution in [3.8, 4) is 11.5 Å². The minimum Gasteiger partial charge on any atom is -1.00 e. The first-order valence-electron chi connectivity index (χ1n) is 6.22. The van der Waals surface area contributed by atoms with Gasteiger partial charge in [0.2, 0.25) is 5.89 Å². The highest BCUT2D eigenvalue weighted by Crippen LogP contribution is 2.26. The highest BCUT2D eigenvalue weighted by Gasteiger charge is 2.13. The number of nitro benzene ring substituents is 1. The van der Waals surface area contributed by atoms with Crippen LogP contribution in [-0.2, 0) is 6.54 Å². The van der Waals surface area contributed by atoms with Gasteiger partial charge in [-0.3, -0.25) is 10.1 Å². The second kappa shape index (κ2) is 6.17. The Morgan fingerprint density at radius 1 is 1.29 bits per heavy atom. The molecule has 3 aromatic rings. The molecule has 2 heterocycles. The Morgan fingerprint density at radius 2 is 2.00 bits per heavy atom. The van der Waals surface area contributed by atoms with Gasteiger partial charge in [0, 0.05) is 23.8 Å². The summed E-state index contributed by atoms with van der Waals surface area (Å²) in [6.45, 7) is 2.94. The van der Waals surface area contributed by atoms with Crippen LogP contribution in [0.5, 0.6) is 0 Å². The Hall–Kier alpha value is -2.03. The lowest BCUT2D eigenvalue weighted by atomic mass is 10.2. The number of nitrogens with zero attached hydrogens (tertiary/aromatic N) is 3. The van der Waals surface area contributed by atoms with E-state index in [1.54, 1.807) is 6.07 Å². The van der Waals surface area contributed by atoms with E-state index in [9.17, 15) is 10.1 Å². The number of hydrogen-bond donors (Lipinski definition) is 0. The van der Waals surface area contributed by atoms with Crippen molar-refractivity contribution in [2.45, 2.75) is 13.5 Å². The summed E-state index contributed by atoms with van der Waals surface area (Å²) in [5, 5.41) is 10.7. The predicted octanol–water partition coefficient (Wildman–Crippen LogP) is -0.286. The zero-order chi connectivity index (χ0) is 14.1. The molecule has 0 aliphatic heterocycles. The predicted molar refractivity (Wildman–Crippen MR) is 72.0 cm³/mol. The summed E-state index contributed by atoms with van der Waals surface area (Å²) >= 11 is 0.